The van der Waals surface area contributed by atoms with Gasteiger partial charge in [0.05, 0.1) is 35.3 Å². The standard InChI is InChI=1S/C36H47N3O7S/c1-25-14-17-31(18-15-25)47(43,44)38(5)23-34-26(2)22-39(27(3)24-40)36(42)32-21-30(37-35(41)29-12-7-6-8-13-29)16-19-33(32)46-28(4)11-9-10-20-45-34/h6-8,12-19,21,26-28,34,40H,9-11,20,22-24H2,1-5H3,(H,37,41)/t26-,27+,28-,34+/m1/s1. The van der Waals surface area contributed by atoms with E-state index in [4.69, 9.17) is 9.47 Å². The molecule has 4 rings (SSSR count). The summed E-state index contributed by atoms with van der Waals surface area (Å²) >= 11 is 0. The molecule has 0 aromatic heterocycles. The zero-order chi connectivity index (χ0) is 34.1. The minimum Gasteiger partial charge on any atom is -0.490 e. The lowest BCUT2D eigenvalue weighted by molar-refractivity contribution is -0.00834. The predicted octanol–water partition coefficient (Wildman–Crippen LogP) is 5.36. The maximum atomic E-state index is 14.3. The molecule has 254 valence electrons. The average Bonchev–Trinajstić information content (AvgIpc) is 3.06. The molecule has 1 aliphatic rings. The maximum absolute atomic E-state index is 14.3. The lowest BCUT2D eigenvalue weighted by Crippen LogP contribution is -2.48. The van der Waals surface area contributed by atoms with Crippen molar-refractivity contribution in [3.05, 3.63) is 89.5 Å². The van der Waals surface area contributed by atoms with Crippen molar-refractivity contribution in [2.45, 2.75) is 70.1 Å². The van der Waals surface area contributed by atoms with Crippen LogP contribution in [0.5, 0.6) is 5.75 Å². The van der Waals surface area contributed by atoms with E-state index in [-0.39, 0.29) is 54.0 Å². The first-order valence-electron chi connectivity index (χ1n) is 16.1. The van der Waals surface area contributed by atoms with Crippen LogP contribution in [0.25, 0.3) is 0 Å². The monoisotopic (exact) mass is 665 g/mol. The number of hydrogen-bond donors (Lipinski definition) is 2. The van der Waals surface area contributed by atoms with Gasteiger partial charge in [-0.3, -0.25) is 9.59 Å². The molecule has 2 amide bonds. The number of fused-ring (bicyclic) bond motifs is 1. The van der Waals surface area contributed by atoms with Crippen molar-refractivity contribution in [1.29, 1.82) is 0 Å². The third kappa shape index (κ3) is 9.41. The van der Waals surface area contributed by atoms with Gasteiger partial charge in [-0.15, -0.1) is 0 Å². The topological polar surface area (TPSA) is 125 Å². The maximum Gasteiger partial charge on any atom is 0.258 e. The minimum atomic E-state index is -3.79. The van der Waals surface area contributed by atoms with Crippen LogP contribution in [0.1, 0.15) is 66.3 Å². The fourth-order valence-electron chi connectivity index (χ4n) is 5.50. The molecule has 1 heterocycles. The summed E-state index contributed by atoms with van der Waals surface area (Å²) < 4.78 is 40.8. The number of benzene rings is 3. The number of likely N-dealkylation sites (N-methyl/N-ethyl adjacent to an activating group) is 1. The molecule has 4 atom stereocenters. The van der Waals surface area contributed by atoms with Gasteiger partial charge < -0.3 is 24.8 Å². The molecule has 0 spiro atoms. The Hall–Kier alpha value is -3.77. The molecule has 11 heteroatoms. The Balaban J connectivity index is 1.65. The van der Waals surface area contributed by atoms with Crippen LogP contribution < -0.4 is 10.1 Å². The number of aliphatic hydroxyl groups is 1. The van der Waals surface area contributed by atoms with E-state index >= 15 is 0 Å². The Kier molecular flexibility index (Phi) is 12.6. The van der Waals surface area contributed by atoms with Gasteiger partial charge in [0, 0.05) is 43.9 Å². The van der Waals surface area contributed by atoms with Crippen LogP contribution >= 0.6 is 0 Å². The van der Waals surface area contributed by atoms with E-state index < -0.39 is 22.2 Å². The van der Waals surface area contributed by atoms with Gasteiger partial charge in [-0.1, -0.05) is 42.8 Å². The molecule has 0 unspecified atom stereocenters. The number of aliphatic hydroxyl groups excluding tert-OH is 1. The van der Waals surface area contributed by atoms with Crippen LogP contribution in [0.2, 0.25) is 0 Å². The Bertz CT molecular complexity index is 1600. The summed E-state index contributed by atoms with van der Waals surface area (Å²) in [6, 6.07) is 20.0. The summed E-state index contributed by atoms with van der Waals surface area (Å²) in [7, 11) is -2.25. The fourth-order valence-corrected chi connectivity index (χ4v) is 6.68. The van der Waals surface area contributed by atoms with Gasteiger partial charge in [0.1, 0.15) is 5.75 Å². The van der Waals surface area contributed by atoms with Crippen LogP contribution in [-0.4, -0.2) is 86.1 Å². The summed E-state index contributed by atoms with van der Waals surface area (Å²) in [6.07, 6.45) is 1.52. The zero-order valence-corrected chi connectivity index (χ0v) is 28.7. The van der Waals surface area contributed by atoms with Gasteiger partial charge in [-0.25, -0.2) is 8.42 Å². The van der Waals surface area contributed by atoms with Crippen molar-refractivity contribution >= 4 is 27.5 Å². The number of aryl methyl sites for hydroxylation is 1. The van der Waals surface area contributed by atoms with Gasteiger partial charge >= 0.3 is 0 Å². The lowest BCUT2D eigenvalue weighted by Gasteiger charge is -2.35. The van der Waals surface area contributed by atoms with Gasteiger partial charge in [-0.05, 0) is 82.5 Å². The first-order valence-corrected chi connectivity index (χ1v) is 17.6. The number of amides is 2. The second kappa shape index (κ2) is 16.4. The number of nitrogens with one attached hydrogen (secondary N) is 1. The van der Waals surface area contributed by atoms with Gasteiger partial charge in [0.25, 0.3) is 11.8 Å². The summed E-state index contributed by atoms with van der Waals surface area (Å²) in [5, 5.41) is 13.1. The molecule has 2 N–H and O–H groups in total. The average molecular weight is 666 g/mol. The Labute approximate surface area is 278 Å². The molecule has 0 saturated carbocycles. The van der Waals surface area contributed by atoms with Crippen LogP contribution in [0, 0.1) is 12.8 Å². The summed E-state index contributed by atoms with van der Waals surface area (Å²) in [5.74, 6) is -0.618. The highest BCUT2D eigenvalue weighted by Crippen LogP contribution is 2.29. The van der Waals surface area contributed by atoms with Crippen molar-refractivity contribution in [2.75, 3.05) is 38.7 Å². The van der Waals surface area contributed by atoms with Crippen LogP contribution in [-0.2, 0) is 14.8 Å². The van der Waals surface area contributed by atoms with Crippen molar-refractivity contribution in [1.82, 2.24) is 9.21 Å². The summed E-state index contributed by atoms with van der Waals surface area (Å²) in [4.78, 5) is 29.0. The number of nitrogens with zero attached hydrogens (tertiary/aromatic N) is 2. The van der Waals surface area contributed by atoms with Crippen LogP contribution in [0.15, 0.2) is 77.7 Å². The van der Waals surface area contributed by atoms with E-state index in [1.54, 1.807) is 78.6 Å². The molecule has 47 heavy (non-hydrogen) atoms. The lowest BCUT2D eigenvalue weighted by atomic mass is 10.0. The smallest absolute Gasteiger partial charge is 0.258 e. The van der Waals surface area contributed by atoms with Gasteiger partial charge in [0.15, 0.2) is 0 Å². The van der Waals surface area contributed by atoms with Gasteiger partial charge in [0.2, 0.25) is 10.0 Å². The summed E-state index contributed by atoms with van der Waals surface area (Å²) in [5.41, 5.74) is 2.12. The fraction of sp³-hybridized carbons (Fsp3) is 0.444. The normalized spacial score (nSPS) is 20.5. The van der Waals surface area contributed by atoms with E-state index in [0.717, 1.165) is 18.4 Å². The van der Waals surface area contributed by atoms with Crippen molar-refractivity contribution < 1.29 is 32.6 Å². The molecule has 0 saturated heterocycles. The number of sulfonamides is 1. The quantitative estimate of drug-likeness (QED) is 0.332. The molecule has 0 aliphatic carbocycles. The highest BCUT2D eigenvalue weighted by Gasteiger charge is 2.32. The first kappa shape index (κ1) is 36.1. The van der Waals surface area contributed by atoms with Crippen LogP contribution in [0.3, 0.4) is 0 Å². The third-order valence-corrected chi connectivity index (χ3v) is 10.3. The van der Waals surface area contributed by atoms with Crippen molar-refractivity contribution in [3.63, 3.8) is 0 Å². The van der Waals surface area contributed by atoms with Crippen molar-refractivity contribution in [2.24, 2.45) is 5.92 Å². The zero-order valence-electron chi connectivity index (χ0n) is 27.9. The number of carbonyl (C=O) groups excluding carboxylic acids is 2. The highest BCUT2D eigenvalue weighted by atomic mass is 32.2. The highest BCUT2D eigenvalue weighted by molar-refractivity contribution is 7.89. The van der Waals surface area contributed by atoms with Gasteiger partial charge in [-0.2, -0.15) is 4.31 Å². The third-order valence-electron chi connectivity index (χ3n) is 8.51. The molecule has 0 radical (unpaired) electrons. The predicted molar refractivity (Wildman–Crippen MR) is 182 cm³/mol. The van der Waals surface area contributed by atoms with Crippen LogP contribution in [0.4, 0.5) is 5.69 Å². The molecule has 0 fully saturated rings. The molecule has 10 nitrogen and oxygen atoms in total. The SMILES string of the molecule is Cc1ccc(S(=O)(=O)N(C)C[C@@H]2OCCCC[C@@H](C)Oc3ccc(NC(=O)c4ccccc4)cc3C(=O)N([C@@H](C)CO)C[C@H]2C)cc1. The van der Waals surface area contributed by atoms with Crippen molar-refractivity contribution in [3.8, 4) is 5.75 Å². The Morgan fingerprint density at radius 1 is 1.06 bits per heavy atom. The Morgan fingerprint density at radius 2 is 1.77 bits per heavy atom. The first-order chi connectivity index (χ1) is 22.4. The second-order valence-corrected chi connectivity index (χ2v) is 14.5. The number of hydrogen-bond acceptors (Lipinski definition) is 7. The Morgan fingerprint density at radius 3 is 2.45 bits per heavy atom. The minimum absolute atomic E-state index is 0.0820. The molecular formula is C36H47N3O7S. The number of rotatable bonds is 8. The van der Waals surface area contributed by atoms with E-state index in [0.29, 0.717) is 30.0 Å². The molecular weight excluding hydrogens is 618 g/mol. The molecule has 3 aromatic carbocycles. The largest absolute Gasteiger partial charge is 0.490 e. The van der Waals surface area contributed by atoms with E-state index in [1.807, 2.05) is 26.8 Å². The number of carbonyl (C=O) groups is 2. The van der Waals surface area contributed by atoms with E-state index in [9.17, 15) is 23.1 Å². The molecule has 3 aromatic rings. The van der Waals surface area contributed by atoms with E-state index in [1.165, 1.54) is 11.4 Å². The number of anilines is 1. The number of ether oxygens (including phenoxy) is 2. The second-order valence-electron chi connectivity index (χ2n) is 12.4. The molecule has 0 bridgehead atoms. The molecule has 1 aliphatic heterocycles. The summed E-state index contributed by atoms with van der Waals surface area (Å²) in [6.45, 7) is 7.91. The van der Waals surface area contributed by atoms with E-state index in [2.05, 4.69) is 5.32 Å².